The fourth-order valence-corrected chi connectivity index (χ4v) is 3.28. The second-order valence-electron chi connectivity index (χ2n) is 6.46. The van der Waals surface area contributed by atoms with E-state index in [1.807, 2.05) is 43.5 Å². The minimum Gasteiger partial charge on any atom is -0.454 e. The summed E-state index contributed by atoms with van der Waals surface area (Å²) in [6.45, 7) is 5.55. The Labute approximate surface area is 165 Å². The third kappa shape index (κ3) is 3.88. The summed E-state index contributed by atoms with van der Waals surface area (Å²) in [5.41, 5.74) is 4.72. The van der Waals surface area contributed by atoms with Crippen molar-refractivity contribution in [1.82, 2.24) is 14.3 Å². The van der Waals surface area contributed by atoms with Crippen LogP contribution >= 0.6 is 15.9 Å². The van der Waals surface area contributed by atoms with E-state index in [0.29, 0.717) is 11.1 Å². The topological polar surface area (TPSA) is 66.1 Å². The molecule has 27 heavy (non-hydrogen) atoms. The quantitative estimate of drug-likeness (QED) is 0.455. The number of ketones is 1. The van der Waals surface area contributed by atoms with Gasteiger partial charge in [0.2, 0.25) is 5.78 Å². The molecular weight excluding hydrogens is 410 g/mol. The molecule has 140 valence electrons. The molecule has 0 amide bonds. The van der Waals surface area contributed by atoms with Gasteiger partial charge in [-0.15, -0.1) is 0 Å². The van der Waals surface area contributed by atoms with E-state index in [1.165, 1.54) is 10.9 Å². The zero-order chi connectivity index (χ0) is 19.7. The molecule has 0 fully saturated rings. The third-order valence-corrected chi connectivity index (χ3v) is 5.30. The van der Waals surface area contributed by atoms with Crippen molar-refractivity contribution in [2.75, 3.05) is 6.61 Å². The van der Waals surface area contributed by atoms with Gasteiger partial charge in [0, 0.05) is 40.4 Å². The number of carbonyl (C=O) groups excluding carboxylic acids is 2. The third-order valence-electron chi connectivity index (χ3n) is 4.41. The maximum Gasteiger partial charge on any atom is 0.341 e. The molecule has 2 aromatic heterocycles. The molecule has 1 aromatic carbocycles. The SMILES string of the molecule is Cc1cc(-n2c(C)cc(C(=O)COC(=O)c3cnn(C)c3)c2C)ccc1Br. The van der Waals surface area contributed by atoms with Gasteiger partial charge in [0.1, 0.15) is 0 Å². The van der Waals surface area contributed by atoms with E-state index >= 15 is 0 Å². The van der Waals surface area contributed by atoms with Gasteiger partial charge in [0.25, 0.3) is 0 Å². The first-order valence-corrected chi connectivity index (χ1v) is 9.21. The lowest BCUT2D eigenvalue weighted by Crippen LogP contribution is -2.14. The smallest absolute Gasteiger partial charge is 0.341 e. The highest BCUT2D eigenvalue weighted by molar-refractivity contribution is 9.10. The minimum atomic E-state index is -0.561. The molecule has 0 atom stereocenters. The number of rotatable bonds is 5. The summed E-state index contributed by atoms with van der Waals surface area (Å²) < 4.78 is 9.71. The van der Waals surface area contributed by atoms with Crippen molar-refractivity contribution in [2.45, 2.75) is 20.8 Å². The number of Topliss-reactive ketones (excluding diaryl/α,β-unsaturated/α-hetero) is 1. The van der Waals surface area contributed by atoms with E-state index in [-0.39, 0.29) is 12.4 Å². The first-order valence-electron chi connectivity index (χ1n) is 8.42. The number of benzene rings is 1. The molecule has 3 aromatic rings. The van der Waals surface area contributed by atoms with E-state index in [1.54, 1.807) is 13.2 Å². The summed E-state index contributed by atoms with van der Waals surface area (Å²) >= 11 is 3.50. The average Bonchev–Trinajstić information content (AvgIpc) is 3.18. The molecule has 0 saturated heterocycles. The Morgan fingerprint density at radius 2 is 1.93 bits per heavy atom. The lowest BCUT2D eigenvalue weighted by atomic mass is 10.1. The molecule has 0 N–H and O–H groups in total. The van der Waals surface area contributed by atoms with Crippen molar-refractivity contribution >= 4 is 27.7 Å². The van der Waals surface area contributed by atoms with Gasteiger partial charge < -0.3 is 9.30 Å². The number of aromatic nitrogens is 3. The number of aryl methyl sites for hydroxylation is 3. The molecule has 2 heterocycles. The van der Waals surface area contributed by atoms with E-state index in [2.05, 4.69) is 27.1 Å². The summed E-state index contributed by atoms with van der Waals surface area (Å²) in [5.74, 6) is -0.797. The van der Waals surface area contributed by atoms with Crippen LogP contribution in [-0.2, 0) is 11.8 Å². The Bertz CT molecular complexity index is 1030. The van der Waals surface area contributed by atoms with Crippen molar-refractivity contribution in [3.8, 4) is 5.69 Å². The normalized spacial score (nSPS) is 10.9. The van der Waals surface area contributed by atoms with E-state index in [9.17, 15) is 9.59 Å². The standard InChI is InChI=1S/C20H20BrN3O3/c1-12-7-16(5-6-18(12)21)24-13(2)8-17(14(24)3)19(25)11-27-20(26)15-9-22-23(4)10-15/h5-10H,11H2,1-4H3. The first-order chi connectivity index (χ1) is 12.8. The summed E-state index contributed by atoms with van der Waals surface area (Å²) in [6.07, 6.45) is 2.96. The molecule has 3 rings (SSSR count). The summed E-state index contributed by atoms with van der Waals surface area (Å²) in [7, 11) is 1.71. The van der Waals surface area contributed by atoms with Gasteiger partial charge in [-0.3, -0.25) is 9.48 Å². The highest BCUT2D eigenvalue weighted by Gasteiger charge is 2.19. The first kappa shape index (κ1) is 19.1. The highest BCUT2D eigenvalue weighted by Crippen LogP contribution is 2.25. The Morgan fingerprint density at radius 3 is 2.56 bits per heavy atom. The lowest BCUT2D eigenvalue weighted by Gasteiger charge is -2.11. The molecule has 0 aliphatic carbocycles. The number of esters is 1. The van der Waals surface area contributed by atoms with Crippen LogP contribution in [0, 0.1) is 20.8 Å². The number of carbonyl (C=O) groups is 2. The van der Waals surface area contributed by atoms with Gasteiger partial charge in [-0.2, -0.15) is 5.10 Å². The fourth-order valence-electron chi connectivity index (χ4n) is 3.03. The Balaban J connectivity index is 1.80. The molecule has 7 heteroatoms. The van der Waals surface area contributed by atoms with Gasteiger partial charge in [-0.05, 0) is 50.6 Å². The van der Waals surface area contributed by atoms with Crippen LogP contribution in [0.15, 0.2) is 41.1 Å². The minimum absolute atomic E-state index is 0.236. The van der Waals surface area contributed by atoms with Crippen LogP contribution in [0.5, 0.6) is 0 Å². The number of hydrogen-bond donors (Lipinski definition) is 0. The summed E-state index contributed by atoms with van der Waals surface area (Å²) in [6, 6.07) is 7.86. The number of halogens is 1. The molecular formula is C20H20BrN3O3. The molecule has 0 radical (unpaired) electrons. The maximum atomic E-state index is 12.6. The van der Waals surface area contributed by atoms with Crippen molar-refractivity contribution < 1.29 is 14.3 Å². The lowest BCUT2D eigenvalue weighted by molar-refractivity contribution is 0.0474. The highest BCUT2D eigenvalue weighted by atomic mass is 79.9. The molecule has 0 saturated carbocycles. The van der Waals surface area contributed by atoms with E-state index in [0.717, 1.165) is 27.1 Å². The number of ether oxygens (including phenoxy) is 1. The Hall–Kier alpha value is -2.67. The fraction of sp³-hybridized carbons (Fsp3) is 0.250. The molecule has 6 nitrogen and oxygen atoms in total. The van der Waals surface area contributed by atoms with Crippen molar-refractivity contribution in [2.24, 2.45) is 7.05 Å². The summed E-state index contributed by atoms with van der Waals surface area (Å²) in [4.78, 5) is 24.6. The van der Waals surface area contributed by atoms with Crippen LogP contribution in [-0.4, -0.2) is 32.7 Å². The summed E-state index contributed by atoms with van der Waals surface area (Å²) in [5, 5.41) is 3.92. The molecule has 0 bridgehead atoms. The number of hydrogen-bond acceptors (Lipinski definition) is 4. The van der Waals surface area contributed by atoms with Crippen LogP contribution < -0.4 is 0 Å². The zero-order valence-electron chi connectivity index (χ0n) is 15.6. The predicted molar refractivity (Wildman–Crippen MR) is 106 cm³/mol. The predicted octanol–water partition coefficient (Wildman–Crippen LogP) is 3.94. The van der Waals surface area contributed by atoms with E-state index < -0.39 is 5.97 Å². The van der Waals surface area contributed by atoms with Crippen molar-refractivity contribution in [3.05, 3.63) is 69.2 Å². The second-order valence-corrected chi connectivity index (χ2v) is 7.31. The van der Waals surface area contributed by atoms with Crippen molar-refractivity contribution in [1.29, 1.82) is 0 Å². The van der Waals surface area contributed by atoms with Gasteiger partial charge >= 0.3 is 5.97 Å². The van der Waals surface area contributed by atoms with Crippen LogP contribution in [0.2, 0.25) is 0 Å². The van der Waals surface area contributed by atoms with Gasteiger partial charge in [-0.1, -0.05) is 15.9 Å². The number of nitrogens with zero attached hydrogens (tertiary/aromatic N) is 3. The van der Waals surface area contributed by atoms with Crippen LogP contribution in [0.4, 0.5) is 0 Å². The zero-order valence-corrected chi connectivity index (χ0v) is 17.2. The largest absolute Gasteiger partial charge is 0.454 e. The van der Waals surface area contributed by atoms with Gasteiger partial charge in [-0.25, -0.2) is 4.79 Å². The Morgan fingerprint density at radius 1 is 1.19 bits per heavy atom. The Kier molecular flexibility index (Phi) is 5.32. The second kappa shape index (κ2) is 7.52. The molecule has 0 unspecified atom stereocenters. The van der Waals surface area contributed by atoms with Crippen molar-refractivity contribution in [3.63, 3.8) is 0 Å². The van der Waals surface area contributed by atoms with Crippen LogP contribution in [0.1, 0.15) is 37.7 Å². The molecule has 0 spiro atoms. The molecule has 0 aliphatic heterocycles. The average molecular weight is 430 g/mol. The van der Waals surface area contributed by atoms with Gasteiger partial charge in [0.15, 0.2) is 6.61 Å². The van der Waals surface area contributed by atoms with Crippen LogP contribution in [0.3, 0.4) is 0 Å². The van der Waals surface area contributed by atoms with Gasteiger partial charge in [0.05, 0.1) is 11.8 Å². The van der Waals surface area contributed by atoms with Crippen LogP contribution in [0.25, 0.3) is 5.69 Å². The monoisotopic (exact) mass is 429 g/mol. The maximum absolute atomic E-state index is 12.6. The molecule has 0 aliphatic rings. The van der Waals surface area contributed by atoms with E-state index in [4.69, 9.17) is 4.74 Å².